The lowest BCUT2D eigenvalue weighted by atomic mass is 9.89. The normalized spacial score (nSPS) is 15.7. The highest BCUT2D eigenvalue weighted by molar-refractivity contribution is 7.85. The van der Waals surface area contributed by atoms with Crippen LogP contribution in [0.2, 0.25) is 5.02 Å². The summed E-state index contributed by atoms with van der Waals surface area (Å²) in [7, 11) is -3.32. The van der Waals surface area contributed by atoms with E-state index < -0.39 is 22.6 Å². The van der Waals surface area contributed by atoms with Crippen LogP contribution in [0, 0.1) is 0 Å². The van der Waals surface area contributed by atoms with Gasteiger partial charge in [-0.05, 0) is 47.5 Å². The second kappa shape index (κ2) is 8.45. The summed E-state index contributed by atoms with van der Waals surface area (Å²) < 4.78 is 66.6. The lowest BCUT2D eigenvalue weighted by Crippen LogP contribution is -2.28. The van der Waals surface area contributed by atoms with E-state index in [0.717, 1.165) is 0 Å². The second-order valence-corrected chi connectivity index (χ2v) is 8.64. The fraction of sp³-hybridized carbons (Fsp3) is 0.143. The Labute approximate surface area is 187 Å². The molecule has 1 atom stereocenters. The van der Waals surface area contributed by atoms with E-state index in [2.05, 4.69) is 9.97 Å². The van der Waals surface area contributed by atoms with Gasteiger partial charge < -0.3 is 14.2 Å². The lowest BCUT2D eigenvalue weighted by molar-refractivity contribution is 0.151. The van der Waals surface area contributed by atoms with Gasteiger partial charge in [-0.15, -0.1) is 0 Å². The fourth-order valence-corrected chi connectivity index (χ4v) is 4.36. The van der Waals surface area contributed by atoms with Crippen molar-refractivity contribution in [1.82, 2.24) is 9.97 Å². The Morgan fingerprint density at radius 2 is 1.97 bits per heavy atom. The van der Waals surface area contributed by atoms with Crippen LogP contribution in [-0.2, 0) is 10.1 Å². The first-order valence-corrected chi connectivity index (χ1v) is 11.0. The van der Waals surface area contributed by atoms with Gasteiger partial charge in [-0.25, -0.2) is 27.2 Å². The highest BCUT2D eigenvalue weighted by atomic mass is 35.5. The molecule has 1 aliphatic heterocycles. The molecule has 0 aliphatic carbocycles. The van der Waals surface area contributed by atoms with E-state index in [4.69, 9.17) is 16.3 Å². The van der Waals surface area contributed by atoms with Crippen LogP contribution < -0.4 is 9.64 Å². The summed E-state index contributed by atoms with van der Waals surface area (Å²) in [6.07, 6.45) is 3.37. The van der Waals surface area contributed by atoms with Crippen molar-refractivity contribution < 1.29 is 26.5 Å². The van der Waals surface area contributed by atoms with E-state index in [1.54, 1.807) is 29.4 Å². The van der Waals surface area contributed by atoms with Gasteiger partial charge in [-0.3, -0.25) is 0 Å². The number of fused-ring (bicyclic) bond motifs is 1. The molecule has 1 aromatic heterocycles. The van der Waals surface area contributed by atoms with Gasteiger partial charge in [-0.1, -0.05) is 17.7 Å². The summed E-state index contributed by atoms with van der Waals surface area (Å²) in [5.74, 6) is 0.652. The highest BCUT2D eigenvalue weighted by Gasteiger charge is 2.31. The van der Waals surface area contributed by atoms with Gasteiger partial charge in [0.15, 0.2) is 0 Å². The Bertz CT molecular complexity index is 1300. The van der Waals surface area contributed by atoms with Gasteiger partial charge in [0, 0.05) is 23.5 Å². The van der Waals surface area contributed by atoms with Crippen LogP contribution in [-0.4, -0.2) is 30.0 Å². The van der Waals surface area contributed by atoms with Crippen LogP contribution in [0.1, 0.15) is 34.7 Å². The Balaban J connectivity index is 1.96. The molecule has 7 nitrogen and oxygen atoms in total. The molecule has 0 N–H and O–H groups in total. The molecule has 2 aromatic carbocycles. The molecule has 0 bridgehead atoms. The topological polar surface area (TPSA) is 95.5 Å². The van der Waals surface area contributed by atoms with Crippen LogP contribution in [0.3, 0.4) is 0 Å². The number of hydrogen-bond donors (Lipinski definition) is 0. The van der Waals surface area contributed by atoms with Gasteiger partial charge in [0.25, 0.3) is 6.43 Å². The van der Waals surface area contributed by atoms with E-state index in [-0.39, 0.29) is 21.2 Å². The van der Waals surface area contributed by atoms with Gasteiger partial charge in [0.05, 0.1) is 23.1 Å². The Hall–Kier alpha value is -3.08. The number of ether oxygens (including phenoxy) is 1. The van der Waals surface area contributed by atoms with Gasteiger partial charge >= 0.3 is 0 Å². The van der Waals surface area contributed by atoms with Crippen LogP contribution in [0.5, 0.6) is 5.75 Å². The Morgan fingerprint density at radius 3 is 2.59 bits per heavy atom. The zero-order chi connectivity index (χ0) is 23.0. The van der Waals surface area contributed by atoms with E-state index in [1.165, 1.54) is 43.8 Å². The smallest absolute Gasteiger partial charge is 0.265 e. The number of hydrogen-bond acceptors (Lipinski definition) is 7. The molecule has 0 saturated carbocycles. The Morgan fingerprint density at radius 1 is 1.19 bits per heavy atom. The van der Waals surface area contributed by atoms with Crippen molar-refractivity contribution >= 4 is 33.6 Å². The van der Waals surface area contributed by atoms with E-state index >= 15 is 0 Å². The molecular weight excluding hydrogens is 464 g/mol. The molecule has 166 valence electrons. The molecule has 1 aliphatic rings. The Kier molecular flexibility index (Phi) is 5.85. The van der Waals surface area contributed by atoms with Gasteiger partial charge in [0.2, 0.25) is 0 Å². The van der Waals surface area contributed by atoms with Crippen molar-refractivity contribution in [2.45, 2.75) is 17.4 Å². The molecule has 0 radical (unpaired) electrons. The van der Waals surface area contributed by atoms with Crippen LogP contribution >= 0.6 is 11.6 Å². The van der Waals surface area contributed by atoms with Gasteiger partial charge in [-0.2, -0.15) is 0 Å². The standard InChI is InChI=1S/C21H16ClF2N3O4S/c1-31-18-10-15(21(23)24)17(22)9-16(18)20-14-3-2-13(32(28,29)30)8-12(14)5-7-27(20)19-4-6-25-11-26-19/h2-11,20-21H,1H3,(H,28,29,30)/p-1. The van der Waals surface area contributed by atoms with Crippen LogP contribution in [0.25, 0.3) is 6.08 Å². The average Bonchev–Trinajstić information content (AvgIpc) is 2.77. The van der Waals surface area contributed by atoms with Crippen molar-refractivity contribution in [3.63, 3.8) is 0 Å². The molecule has 32 heavy (non-hydrogen) atoms. The maximum absolute atomic E-state index is 13.4. The number of halogens is 3. The highest BCUT2D eigenvalue weighted by Crippen LogP contribution is 2.44. The van der Waals surface area contributed by atoms with E-state index in [0.29, 0.717) is 22.5 Å². The first kappa shape index (κ1) is 22.1. The summed E-state index contributed by atoms with van der Waals surface area (Å²) >= 11 is 6.16. The zero-order valence-electron chi connectivity index (χ0n) is 16.4. The maximum Gasteiger partial charge on any atom is 0.265 e. The third kappa shape index (κ3) is 4.04. The van der Waals surface area contributed by atoms with Crippen molar-refractivity contribution in [3.05, 3.63) is 82.4 Å². The zero-order valence-corrected chi connectivity index (χ0v) is 18.0. The molecule has 0 spiro atoms. The van der Waals surface area contributed by atoms with Gasteiger partial charge in [0.1, 0.15) is 28.0 Å². The summed E-state index contributed by atoms with van der Waals surface area (Å²) in [6.45, 7) is 0. The first-order chi connectivity index (χ1) is 15.2. The maximum atomic E-state index is 13.4. The molecule has 0 fully saturated rings. The third-order valence-electron chi connectivity index (χ3n) is 5.04. The van der Waals surface area contributed by atoms with Crippen molar-refractivity contribution in [1.29, 1.82) is 0 Å². The quantitative estimate of drug-likeness (QED) is 0.496. The summed E-state index contributed by atoms with van der Waals surface area (Å²) in [5.41, 5.74) is 1.13. The summed E-state index contributed by atoms with van der Waals surface area (Å²) in [4.78, 5) is 9.52. The van der Waals surface area contributed by atoms with E-state index in [1.807, 2.05) is 0 Å². The molecule has 0 saturated heterocycles. The van der Waals surface area contributed by atoms with E-state index in [9.17, 15) is 21.8 Å². The SMILES string of the molecule is COc1cc(C(F)F)c(Cl)cc1C1c2ccc(S(=O)(=O)[O-])cc2C=CN1c1ccncn1. The average molecular weight is 479 g/mol. The predicted octanol–water partition coefficient (Wildman–Crippen LogP) is 4.56. The van der Waals surface area contributed by atoms with Crippen LogP contribution in [0.4, 0.5) is 14.6 Å². The molecule has 4 rings (SSSR count). The molecular formula is C21H15ClF2N3O4S-. The molecule has 1 unspecified atom stereocenters. The van der Waals surface area contributed by atoms with Crippen LogP contribution in [0.15, 0.2) is 60.0 Å². The predicted molar refractivity (Wildman–Crippen MR) is 113 cm³/mol. The number of anilines is 1. The summed E-state index contributed by atoms with van der Waals surface area (Å²) in [5, 5.41) is -0.145. The van der Waals surface area contributed by atoms with Crippen molar-refractivity contribution in [2.24, 2.45) is 0 Å². The second-order valence-electron chi connectivity index (χ2n) is 6.85. The third-order valence-corrected chi connectivity index (χ3v) is 6.20. The molecule has 11 heteroatoms. The number of rotatable bonds is 5. The lowest BCUT2D eigenvalue weighted by Gasteiger charge is -2.35. The number of methoxy groups -OCH3 is 1. The molecule has 0 amide bonds. The molecule has 3 aromatic rings. The minimum atomic E-state index is -4.67. The van der Waals surface area contributed by atoms with Crippen molar-refractivity contribution in [3.8, 4) is 5.75 Å². The first-order valence-electron chi connectivity index (χ1n) is 9.18. The fourth-order valence-electron chi connectivity index (χ4n) is 3.60. The molecule has 2 heterocycles. The number of aromatic nitrogens is 2. The monoisotopic (exact) mass is 478 g/mol. The summed E-state index contributed by atoms with van der Waals surface area (Å²) in [6, 6.07) is 7.51. The minimum Gasteiger partial charge on any atom is -0.744 e. The number of nitrogens with zero attached hydrogens (tertiary/aromatic N) is 3. The minimum absolute atomic E-state index is 0.145. The number of alkyl halides is 2. The van der Waals surface area contributed by atoms with Crippen molar-refractivity contribution in [2.75, 3.05) is 12.0 Å². The largest absolute Gasteiger partial charge is 0.744 e. The number of benzene rings is 2.